The van der Waals surface area contributed by atoms with E-state index < -0.39 is 11.9 Å². The molecule has 0 atom stereocenters. The van der Waals surface area contributed by atoms with Crippen LogP contribution in [0.25, 0.3) is 10.8 Å². The number of hydrogen-bond acceptors (Lipinski definition) is 4. The molecule has 4 nitrogen and oxygen atoms in total. The monoisotopic (exact) mass is 268 g/mol. The Bertz CT molecular complexity index is 644. The van der Waals surface area contributed by atoms with Crippen LogP contribution >= 0.6 is 0 Å². The SMILES string of the molecule is C=CC(=O)Oc1ccc2ccc(OC(=O)C=C)cc2c1. The summed E-state index contributed by atoms with van der Waals surface area (Å²) in [6.45, 7) is 6.67. The van der Waals surface area contributed by atoms with Gasteiger partial charge in [-0.05, 0) is 35.0 Å². The molecule has 2 aromatic carbocycles. The summed E-state index contributed by atoms with van der Waals surface area (Å²) in [5, 5.41) is 1.72. The number of ether oxygens (including phenoxy) is 2. The van der Waals surface area contributed by atoms with Gasteiger partial charge in [-0.2, -0.15) is 0 Å². The van der Waals surface area contributed by atoms with Crippen LogP contribution in [0.5, 0.6) is 11.5 Å². The smallest absolute Gasteiger partial charge is 0.335 e. The summed E-state index contributed by atoms with van der Waals surface area (Å²) < 4.78 is 10.1. The van der Waals surface area contributed by atoms with Crippen molar-refractivity contribution in [3.63, 3.8) is 0 Å². The summed E-state index contributed by atoms with van der Waals surface area (Å²) in [4.78, 5) is 22.3. The Kier molecular flexibility index (Phi) is 3.96. The van der Waals surface area contributed by atoms with Gasteiger partial charge in [-0.15, -0.1) is 0 Å². The number of rotatable bonds is 4. The molecule has 0 bridgehead atoms. The Morgan fingerprint density at radius 2 is 1.25 bits per heavy atom. The quantitative estimate of drug-likeness (QED) is 0.486. The van der Waals surface area contributed by atoms with E-state index in [-0.39, 0.29) is 0 Å². The zero-order valence-electron chi connectivity index (χ0n) is 10.7. The molecule has 0 spiro atoms. The molecule has 100 valence electrons. The van der Waals surface area contributed by atoms with Gasteiger partial charge in [-0.1, -0.05) is 25.3 Å². The number of carbonyl (C=O) groups excluding carboxylic acids is 2. The number of fused-ring (bicyclic) bond motifs is 1. The van der Waals surface area contributed by atoms with E-state index in [9.17, 15) is 9.59 Å². The molecule has 0 fully saturated rings. The molecular formula is C16H12O4. The molecule has 0 unspecified atom stereocenters. The minimum absolute atomic E-state index is 0.398. The molecule has 20 heavy (non-hydrogen) atoms. The number of hydrogen-bond donors (Lipinski definition) is 0. The maximum absolute atomic E-state index is 11.1. The second kappa shape index (κ2) is 5.84. The number of benzene rings is 2. The molecule has 0 aliphatic rings. The summed E-state index contributed by atoms with van der Waals surface area (Å²) in [6.07, 6.45) is 2.18. The van der Waals surface area contributed by atoms with E-state index in [1.807, 2.05) is 0 Å². The summed E-state index contributed by atoms with van der Waals surface area (Å²) in [7, 11) is 0. The molecule has 0 N–H and O–H groups in total. The highest BCUT2D eigenvalue weighted by molar-refractivity contribution is 5.89. The molecule has 2 aromatic rings. The van der Waals surface area contributed by atoms with Crippen molar-refractivity contribution < 1.29 is 19.1 Å². The number of esters is 2. The lowest BCUT2D eigenvalue weighted by Crippen LogP contribution is -2.03. The molecule has 0 aromatic heterocycles. The van der Waals surface area contributed by atoms with Crippen molar-refractivity contribution in [3.8, 4) is 11.5 Å². The number of carbonyl (C=O) groups is 2. The van der Waals surface area contributed by atoms with Crippen LogP contribution in [0.2, 0.25) is 0 Å². The van der Waals surface area contributed by atoms with E-state index in [0.29, 0.717) is 11.5 Å². The van der Waals surface area contributed by atoms with Crippen LogP contribution in [0.3, 0.4) is 0 Å². The molecule has 2 rings (SSSR count). The second-order valence-corrected chi connectivity index (χ2v) is 3.92. The highest BCUT2D eigenvalue weighted by Crippen LogP contribution is 2.25. The Morgan fingerprint density at radius 3 is 1.65 bits per heavy atom. The summed E-state index contributed by atoms with van der Waals surface area (Å²) in [5.74, 6) is -0.263. The van der Waals surface area contributed by atoms with E-state index >= 15 is 0 Å². The molecule has 0 amide bonds. The zero-order chi connectivity index (χ0) is 14.5. The van der Waals surface area contributed by atoms with Crippen LogP contribution in [0.15, 0.2) is 61.7 Å². The van der Waals surface area contributed by atoms with Crippen molar-refractivity contribution in [3.05, 3.63) is 61.7 Å². The van der Waals surface area contributed by atoms with Gasteiger partial charge in [-0.25, -0.2) is 9.59 Å². The molecule has 0 heterocycles. The summed E-state index contributed by atoms with van der Waals surface area (Å²) >= 11 is 0. The van der Waals surface area contributed by atoms with Crippen LogP contribution in [-0.4, -0.2) is 11.9 Å². The predicted molar refractivity (Wildman–Crippen MR) is 75.6 cm³/mol. The van der Waals surface area contributed by atoms with Gasteiger partial charge in [0.1, 0.15) is 11.5 Å². The van der Waals surface area contributed by atoms with E-state index in [2.05, 4.69) is 13.2 Å². The molecule has 4 heteroatoms. The summed E-state index contributed by atoms with van der Waals surface area (Å²) in [6, 6.07) is 10.3. The highest BCUT2D eigenvalue weighted by atomic mass is 16.5. The largest absolute Gasteiger partial charge is 0.423 e. The highest BCUT2D eigenvalue weighted by Gasteiger charge is 2.04. The average Bonchev–Trinajstić information content (AvgIpc) is 2.46. The van der Waals surface area contributed by atoms with E-state index in [1.165, 1.54) is 0 Å². The lowest BCUT2D eigenvalue weighted by atomic mass is 10.1. The van der Waals surface area contributed by atoms with Crippen molar-refractivity contribution in [2.45, 2.75) is 0 Å². The van der Waals surface area contributed by atoms with Crippen LogP contribution in [-0.2, 0) is 9.59 Å². The fraction of sp³-hybridized carbons (Fsp3) is 0. The van der Waals surface area contributed by atoms with Crippen molar-refractivity contribution in [1.29, 1.82) is 0 Å². The Hall–Kier alpha value is -2.88. The van der Waals surface area contributed by atoms with Gasteiger partial charge in [0.25, 0.3) is 0 Å². The van der Waals surface area contributed by atoms with Gasteiger partial charge in [0, 0.05) is 12.2 Å². The molecule has 0 saturated carbocycles. The summed E-state index contributed by atoms with van der Waals surface area (Å²) in [5.41, 5.74) is 0. The van der Waals surface area contributed by atoms with Crippen molar-refractivity contribution in [2.75, 3.05) is 0 Å². The standard InChI is InChI=1S/C16H12O4/c1-3-15(17)19-13-7-5-11-6-8-14(10-12(11)9-13)20-16(18)4-2/h3-10H,1-2H2. The predicted octanol–water partition coefficient (Wildman–Crippen LogP) is 3.02. The van der Waals surface area contributed by atoms with Crippen LogP contribution in [0.1, 0.15) is 0 Å². The van der Waals surface area contributed by atoms with Gasteiger partial charge >= 0.3 is 11.9 Å². The lowest BCUT2D eigenvalue weighted by molar-refractivity contribution is -0.129. The Morgan fingerprint density at radius 1 is 0.800 bits per heavy atom. The maximum Gasteiger partial charge on any atom is 0.335 e. The van der Waals surface area contributed by atoms with Gasteiger partial charge in [0.2, 0.25) is 0 Å². The first-order valence-electron chi connectivity index (χ1n) is 5.84. The van der Waals surface area contributed by atoms with E-state index in [4.69, 9.17) is 9.47 Å². The second-order valence-electron chi connectivity index (χ2n) is 3.92. The molecule has 0 saturated heterocycles. The minimum atomic E-state index is -0.529. The zero-order valence-corrected chi connectivity index (χ0v) is 10.7. The van der Waals surface area contributed by atoms with Crippen LogP contribution < -0.4 is 9.47 Å². The average molecular weight is 268 g/mol. The maximum atomic E-state index is 11.1. The van der Waals surface area contributed by atoms with Crippen molar-refractivity contribution in [1.82, 2.24) is 0 Å². The first-order chi connectivity index (χ1) is 9.62. The van der Waals surface area contributed by atoms with Crippen LogP contribution in [0.4, 0.5) is 0 Å². The van der Waals surface area contributed by atoms with E-state index in [0.717, 1.165) is 22.9 Å². The van der Waals surface area contributed by atoms with Crippen LogP contribution in [0, 0.1) is 0 Å². The van der Waals surface area contributed by atoms with Gasteiger partial charge in [-0.3, -0.25) is 0 Å². The first kappa shape index (κ1) is 13.5. The minimum Gasteiger partial charge on any atom is -0.423 e. The topological polar surface area (TPSA) is 52.6 Å². The fourth-order valence-electron chi connectivity index (χ4n) is 1.65. The van der Waals surface area contributed by atoms with Gasteiger partial charge in [0.05, 0.1) is 0 Å². The van der Waals surface area contributed by atoms with Crippen molar-refractivity contribution >= 4 is 22.7 Å². The molecule has 0 aliphatic heterocycles. The molecule has 0 radical (unpaired) electrons. The third-order valence-corrected chi connectivity index (χ3v) is 2.55. The van der Waals surface area contributed by atoms with Crippen molar-refractivity contribution in [2.24, 2.45) is 0 Å². The normalized spacial score (nSPS) is 9.80. The molecule has 0 aliphatic carbocycles. The first-order valence-corrected chi connectivity index (χ1v) is 5.84. The fourth-order valence-corrected chi connectivity index (χ4v) is 1.65. The Labute approximate surface area is 115 Å². The third kappa shape index (κ3) is 3.11. The van der Waals surface area contributed by atoms with Gasteiger partial charge < -0.3 is 9.47 Å². The lowest BCUT2D eigenvalue weighted by Gasteiger charge is -2.06. The molecular weight excluding hydrogens is 256 g/mol. The van der Waals surface area contributed by atoms with Gasteiger partial charge in [0.15, 0.2) is 0 Å². The third-order valence-electron chi connectivity index (χ3n) is 2.55. The Balaban J connectivity index is 2.33. The van der Waals surface area contributed by atoms with E-state index in [1.54, 1.807) is 36.4 Å².